The molecular formula is C30H41F2IN4O3. The molecular weight excluding hydrogens is 629 g/mol. The number of rotatable bonds is 14. The first-order valence-electron chi connectivity index (χ1n) is 13.9. The molecule has 0 aliphatic carbocycles. The predicted molar refractivity (Wildman–Crippen MR) is 161 cm³/mol. The van der Waals surface area contributed by atoms with Crippen LogP contribution in [0.4, 0.5) is 8.78 Å². The standard InChI is InChI=1S/C30H41F2IN4O3/c1-4-5-9-37-27(20(2)3)17-36(19-30(37)40)18-29(39)35-26(13-22-10-23(31)14-24(32)11-22)28(38)16-34-15-21-7-6-8-25(33)12-21/h6-8,10-12,14,20,26-28,34,38H,4-5,9,13,15-19H2,1-3H3,(H,35,39)/t26-,27+,28+/m0/s1. The summed E-state index contributed by atoms with van der Waals surface area (Å²) in [4.78, 5) is 29.9. The number of carbonyl (C=O) groups excluding carboxylic acids is 2. The van der Waals surface area contributed by atoms with E-state index in [1.807, 2.05) is 34.1 Å². The van der Waals surface area contributed by atoms with Crippen molar-refractivity contribution in [2.45, 2.75) is 64.8 Å². The monoisotopic (exact) mass is 670 g/mol. The maximum atomic E-state index is 13.9. The molecule has 3 rings (SSSR count). The van der Waals surface area contributed by atoms with E-state index in [0.717, 1.165) is 28.0 Å². The van der Waals surface area contributed by atoms with Crippen LogP contribution in [0.15, 0.2) is 42.5 Å². The third-order valence-corrected chi connectivity index (χ3v) is 7.85. The zero-order chi connectivity index (χ0) is 29.2. The summed E-state index contributed by atoms with van der Waals surface area (Å²) in [6.45, 7) is 8.38. The summed E-state index contributed by atoms with van der Waals surface area (Å²) in [7, 11) is 0. The molecule has 7 nitrogen and oxygen atoms in total. The highest BCUT2D eigenvalue weighted by Crippen LogP contribution is 2.19. The van der Waals surface area contributed by atoms with E-state index in [1.165, 1.54) is 12.1 Å². The number of halogens is 3. The quantitative estimate of drug-likeness (QED) is 0.267. The van der Waals surface area contributed by atoms with E-state index in [-0.39, 0.29) is 49.8 Å². The van der Waals surface area contributed by atoms with Gasteiger partial charge in [0, 0.05) is 41.9 Å². The first-order valence-corrected chi connectivity index (χ1v) is 15.0. The maximum absolute atomic E-state index is 13.9. The minimum Gasteiger partial charge on any atom is -0.390 e. The van der Waals surface area contributed by atoms with Crippen molar-refractivity contribution in [1.82, 2.24) is 20.4 Å². The Kier molecular flexibility index (Phi) is 12.7. The molecule has 3 atom stereocenters. The molecule has 40 heavy (non-hydrogen) atoms. The Labute approximate surface area is 249 Å². The zero-order valence-corrected chi connectivity index (χ0v) is 25.7. The van der Waals surface area contributed by atoms with Crippen molar-refractivity contribution in [3.8, 4) is 0 Å². The molecule has 1 aliphatic rings. The lowest BCUT2D eigenvalue weighted by Crippen LogP contribution is -2.60. The van der Waals surface area contributed by atoms with Gasteiger partial charge in [0.15, 0.2) is 0 Å². The zero-order valence-electron chi connectivity index (χ0n) is 23.5. The summed E-state index contributed by atoms with van der Waals surface area (Å²) < 4.78 is 28.9. The molecule has 220 valence electrons. The van der Waals surface area contributed by atoms with Gasteiger partial charge in [0.1, 0.15) is 11.6 Å². The summed E-state index contributed by atoms with van der Waals surface area (Å²) in [6, 6.07) is 10.4. The number of carbonyl (C=O) groups is 2. The molecule has 10 heteroatoms. The molecule has 1 saturated heterocycles. The number of aliphatic hydroxyl groups excluding tert-OH is 1. The fourth-order valence-corrected chi connectivity index (χ4v) is 5.69. The lowest BCUT2D eigenvalue weighted by molar-refractivity contribution is -0.142. The Morgan fingerprint density at radius 3 is 2.52 bits per heavy atom. The van der Waals surface area contributed by atoms with Gasteiger partial charge >= 0.3 is 0 Å². The molecule has 2 aromatic carbocycles. The Balaban J connectivity index is 1.66. The van der Waals surface area contributed by atoms with Gasteiger partial charge in [-0.25, -0.2) is 8.78 Å². The molecule has 0 aromatic heterocycles. The number of hydrogen-bond acceptors (Lipinski definition) is 5. The van der Waals surface area contributed by atoms with Crippen LogP contribution in [0.5, 0.6) is 0 Å². The van der Waals surface area contributed by atoms with Gasteiger partial charge in [0.05, 0.1) is 25.2 Å². The largest absolute Gasteiger partial charge is 0.390 e. The molecule has 0 bridgehead atoms. The number of aliphatic hydroxyl groups is 1. The van der Waals surface area contributed by atoms with Crippen LogP contribution in [0, 0.1) is 21.1 Å². The van der Waals surface area contributed by atoms with E-state index in [2.05, 4.69) is 54.0 Å². The smallest absolute Gasteiger partial charge is 0.237 e. The van der Waals surface area contributed by atoms with Crippen molar-refractivity contribution >= 4 is 34.4 Å². The third kappa shape index (κ3) is 10.0. The van der Waals surface area contributed by atoms with Crippen molar-refractivity contribution in [2.24, 2.45) is 5.92 Å². The SMILES string of the molecule is CCCCN1C(=O)CN(CC(=O)N[C@@H](Cc2cc(F)cc(F)c2)[C@H](O)CNCc2cccc(I)c2)C[C@@H]1C(C)C. The van der Waals surface area contributed by atoms with E-state index in [1.54, 1.807) is 0 Å². The molecule has 1 heterocycles. The number of nitrogens with zero attached hydrogens (tertiary/aromatic N) is 2. The Bertz CT molecular complexity index is 1120. The Hall–Kier alpha value is -2.15. The van der Waals surface area contributed by atoms with Crippen LogP contribution in [0.2, 0.25) is 0 Å². The van der Waals surface area contributed by atoms with Crippen molar-refractivity contribution in [3.05, 3.63) is 68.8 Å². The Morgan fingerprint density at radius 2 is 1.88 bits per heavy atom. The molecule has 1 fully saturated rings. The molecule has 2 amide bonds. The van der Waals surface area contributed by atoms with Crippen LogP contribution in [0.1, 0.15) is 44.7 Å². The second-order valence-electron chi connectivity index (χ2n) is 10.9. The maximum Gasteiger partial charge on any atom is 0.237 e. The molecule has 0 radical (unpaired) electrons. The Morgan fingerprint density at radius 1 is 1.15 bits per heavy atom. The summed E-state index contributed by atoms with van der Waals surface area (Å²) in [5.74, 6) is -1.53. The lowest BCUT2D eigenvalue weighted by Gasteiger charge is -2.43. The summed E-state index contributed by atoms with van der Waals surface area (Å²) in [6.07, 6.45) is 0.964. The minimum atomic E-state index is -1.02. The van der Waals surface area contributed by atoms with E-state index in [4.69, 9.17) is 0 Å². The second-order valence-corrected chi connectivity index (χ2v) is 12.2. The number of piperazine rings is 1. The number of nitrogens with one attached hydrogen (secondary N) is 2. The highest BCUT2D eigenvalue weighted by Gasteiger charge is 2.35. The fraction of sp³-hybridized carbons (Fsp3) is 0.533. The predicted octanol–water partition coefficient (Wildman–Crippen LogP) is 3.72. The number of unbranched alkanes of at least 4 members (excludes halogenated alkanes) is 1. The summed E-state index contributed by atoms with van der Waals surface area (Å²) in [5.41, 5.74) is 1.38. The number of amides is 2. The number of hydrogen-bond donors (Lipinski definition) is 3. The van der Waals surface area contributed by atoms with E-state index in [0.29, 0.717) is 25.2 Å². The van der Waals surface area contributed by atoms with Gasteiger partial charge in [0.2, 0.25) is 11.8 Å². The normalized spacial score (nSPS) is 17.8. The first kappa shape index (κ1) is 32.4. The molecule has 0 saturated carbocycles. The van der Waals surface area contributed by atoms with Gasteiger partial charge in [-0.15, -0.1) is 0 Å². The topological polar surface area (TPSA) is 84.9 Å². The molecule has 0 spiro atoms. The highest BCUT2D eigenvalue weighted by atomic mass is 127. The first-order chi connectivity index (χ1) is 19.0. The summed E-state index contributed by atoms with van der Waals surface area (Å²) >= 11 is 2.23. The lowest BCUT2D eigenvalue weighted by atomic mass is 9.98. The van der Waals surface area contributed by atoms with Crippen molar-refractivity contribution in [2.75, 3.05) is 32.7 Å². The van der Waals surface area contributed by atoms with Crippen LogP contribution in [-0.4, -0.2) is 77.6 Å². The molecule has 0 unspecified atom stereocenters. The van der Waals surface area contributed by atoms with E-state index in [9.17, 15) is 23.5 Å². The van der Waals surface area contributed by atoms with Gasteiger partial charge < -0.3 is 20.6 Å². The average Bonchev–Trinajstić information content (AvgIpc) is 2.86. The van der Waals surface area contributed by atoms with Crippen LogP contribution < -0.4 is 10.6 Å². The third-order valence-electron chi connectivity index (χ3n) is 7.17. The highest BCUT2D eigenvalue weighted by molar-refractivity contribution is 14.1. The molecule has 2 aromatic rings. The fourth-order valence-electron chi connectivity index (χ4n) is 5.08. The number of benzene rings is 2. The van der Waals surface area contributed by atoms with Crippen LogP contribution in [0.3, 0.4) is 0 Å². The van der Waals surface area contributed by atoms with Crippen molar-refractivity contribution in [3.63, 3.8) is 0 Å². The van der Waals surface area contributed by atoms with Gasteiger partial charge in [-0.3, -0.25) is 14.5 Å². The van der Waals surface area contributed by atoms with E-state index >= 15 is 0 Å². The van der Waals surface area contributed by atoms with Crippen LogP contribution in [0.25, 0.3) is 0 Å². The van der Waals surface area contributed by atoms with Gasteiger partial charge in [-0.1, -0.05) is 39.3 Å². The van der Waals surface area contributed by atoms with Crippen LogP contribution in [-0.2, 0) is 22.6 Å². The summed E-state index contributed by atoms with van der Waals surface area (Å²) in [5, 5.41) is 17.1. The molecule has 3 N–H and O–H groups in total. The second kappa shape index (κ2) is 15.7. The van der Waals surface area contributed by atoms with Crippen molar-refractivity contribution < 1.29 is 23.5 Å². The molecule has 1 aliphatic heterocycles. The van der Waals surface area contributed by atoms with Gasteiger partial charge in [-0.05, 0) is 76.7 Å². The van der Waals surface area contributed by atoms with Crippen LogP contribution >= 0.6 is 22.6 Å². The van der Waals surface area contributed by atoms with Gasteiger partial charge in [0.25, 0.3) is 0 Å². The van der Waals surface area contributed by atoms with Crippen molar-refractivity contribution in [1.29, 1.82) is 0 Å². The van der Waals surface area contributed by atoms with E-state index < -0.39 is 23.8 Å². The average molecular weight is 671 g/mol. The minimum absolute atomic E-state index is 0.00676. The van der Waals surface area contributed by atoms with Gasteiger partial charge in [-0.2, -0.15) is 0 Å².